The number of hydrogen-bond donors (Lipinski definition) is 1. The molecule has 142 valence electrons. The van der Waals surface area contributed by atoms with Crippen molar-refractivity contribution in [2.75, 3.05) is 26.2 Å². The molecule has 2 heterocycles. The minimum absolute atomic E-state index is 0.143. The summed E-state index contributed by atoms with van der Waals surface area (Å²) in [5.41, 5.74) is 2.06. The van der Waals surface area contributed by atoms with E-state index in [0.29, 0.717) is 26.1 Å². The molecule has 2 aliphatic heterocycles. The maximum atomic E-state index is 12.5. The second kappa shape index (κ2) is 8.11. The zero-order chi connectivity index (χ0) is 18.6. The molecule has 26 heavy (non-hydrogen) atoms. The SMILES string of the molecule is CCOc1ccc(CCCC(=O)N2CC[C@@]3(CCCNC3=O)C2)cc1C. The van der Waals surface area contributed by atoms with Crippen molar-refractivity contribution in [3.05, 3.63) is 29.3 Å². The van der Waals surface area contributed by atoms with Crippen molar-refractivity contribution < 1.29 is 14.3 Å². The standard InChI is InChI=1S/C21H30N2O3/c1-3-26-18-9-8-17(14-16(18)2)6-4-7-19(24)23-13-11-21(15-23)10-5-12-22-20(21)25/h8-9,14H,3-7,10-13,15H2,1-2H3,(H,22,25)/t21-/m0/s1. The van der Waals surface area contributed by atoms with Crippen LogP contribution in [0.15, 0.2) is 18.2 Å². The van der Waals surface area contributed by atoms with E-state index in [9.17, 15) is 9.59 Å². The molecule has 5 nitrogen and oxygen atoms in total. The summed E-state index contributed by atoms with van der Waals surface area (Å²) in [6.45, 7) is 6.80. The highest BCUT2D eigenvalue weighted by Crippen LogP contribution is 2.37. The number of nitrogens with one attached hydrogen (secondary N) is 1. The van der Waals surface area contributed by atoms with Gasteiger partial charge >= 0.3 is 0 Å². The summed E-state index contributed by atoms with van der Waals surface area (Å²) in [6, 6.07) is 6.24. The molecule has 1 atom stereocenters. The number of ether oxygens (including phenoxy) is 1. The van der Waals surface area contributed by atoms with Gasteiger partial charge in [0.25, 0.3) is 0 Å². The van der Waals surface area contributed by atoms with E-state index in [1.807, 2.05) is 17.9 Å². The van der Waals surface area contributed by atoms with E-state index in [1.165, 1.54) is 5.56 Å². The number of likely N-dealkylation sites (tertiary alicyclic amines) is 1. The highest BCUT2D eigenvalue weighted by atomic mass is 16.5. The minimum atomic E-state index is -0.319. The van der Waals surface area contributed by atoms with Crippen molar-refractivity contribution in [2.24, 2.45) is 5.41 Å². The lowest BCUT2D eigenvalue weighted by Gasteiger charge is -2.32. The molecule has 0 bridgehead atoms. The van der Waals surface area contributed by atoms with Crippen LogP contribution in [0.25, 0.3) is 0 Å². The molecule has 3 rings (SSSR count). The van der Waals surface area contributed by atoms with Gasteiger partial charge in [0.15, 0.2) is 0 Å². The van der Waals surface area contributed by atoms with Gasteiger partial charge in [-0.1, -0.05) is 12.1 Å². The highest BCUT2D eigenvalue weighted by Gasteiger charge is 2.46. The molecule has 0 aliphatic carbocycles. The summed E-state index contributed by atoms with van der Waals surface area (Å²) >= 11 is 0. The van der Waals surface area contributed by atoms with E-state index >= 15 is 0 Å². The molecule has 1 aromatic rings. The first kappa shape index (κ1) is 18.7. The molecule has 0 unspecified atom stereocenters. The Morgan fingerprint density at radius 1 is 1.35 bits per heavy atom. The summed E-state index contributed by atoms with van der Waals surface area (Å²) in [7, 11) is 0. The van der Waals surface area contributed by atoms with Crippen LogP contribution in [0.1, 0.15) is 50.2 Å². The van der Waals surface area contributed by atoms with Crippen molar-refractivity contribution in [1.29, 1.82) is 0 Å². The first-order valence-electron chi connectivity index (χ1n) is 9.82. The van der Waals surface area contributed by atoms with Gasteiger partial charge in [-0.3, -0.25) is 9.59 Å². The first-order valence-corrected chi connectivity index (χ1v) is 9.82. The van der Waals surface area contributed by atoms with Crippen LogP contribution in [0.5, 0.6) is 5.75 Å². The lowest BCUT2D eigenvalue weighted by molar-refractivity contribution is -0.134. The van der Waals surface area contributed by atoms with Crippen molar-refractivity contribution >= 4 is 11.8 Å². The Balaban J connectivity index is 1.47. The molecule has 2 saturated heterocycles. The molecule has 5 heteroatoms. The van der Waals surface area contributed by atoms with Crippen LogP contribution in [0.3, 0.4) is 0 Å². The van der Waals surface area contributed by atoms with E-state index in [4.69, 9.17) is 4.74 Å². The Bertz CT molecular complexity index is 673. The largest absolute Gasteiger partial charge is 0.494 e. The zero-order valence-electron chi connectivity index (χ0n) is 16.0. The van der Waals surface area contributed by atoms with Crippen LogP contribution < -0.4 is 10.1 Å². The average Bonchev–Trinajstić information content (AvgIpc) is 3.05. The van der Waals surface area contributed by atoms with E-state index in [-0.39, 0.29) is 17.2 Å². The number of aryl methyl sites for hydroxylation is 2. The molecule has 1 N–H and O–H groups in total. The summed E-state index contributed by atoms with van der Waals surface area (Å²) < 4.78 is 5.57. The summed E-state index contributed by atoms with van der Waals surface area (Å²) in [4.78, 5) is 26.7. The van der Waals surface area contributed by atoms with Gasteiger partial charge in [-0.25, -0.2) is 0 Å². The van der Waals surface area contributed by atoms with E-state index < -0.39 is 0 Å². The molecular formula is C21H30N2O3. The number of piperidine rings is 1. The maximum absolute atomic E-state index is 12.5. The molecule has 2 amide bonds. The number of hydrogen-bond acceptors (Lipinski definition) is 3. The number of rotatable bonds is 6. The van der Waals surface area contributed by atoms with Crippen LogP contribution >= 0.6 is 0 Å². The number of amides is 2. The van der Waals surface area contributed by atoms with Crippen molar-refractivity contribution in [3.63, 3.8) is 0 Å². The van der Waals surface area contributed by atoms with Gasteiger partial charge < -0.3 is 15.0 Å². The second-order valence-corrected chi connectivity index (χ2v) is 7.59. The molecule has 1 aromatic carbocycles. The van der Waals surface area contributed by atoms with Gasteiger partial charge in [0.2, 0.25) is 11.8 Å². The summed E-state index contributed by atoms with van der Waals surface area (Å²) in [5.74, 6) is 1.26. The smallest absolute Gasteiger partial charge is 0.228 e. The third-order valence-corrected chi connectivity index (χ3v) is 5.70. The van der Waals surface area contributed by atoms with Gasteiger partial charge in [-0.2, -0.15) is 0 Å². The predicted molar refractivity (Wildman–Crippen MR) is 101 cm³/mol. The van der Waals surface area contributed by atoms with Gasteiger partial charge in [-0.05, 0) is 63.1 Å². The highest BCUT2D eigenvalue weighted by molar-refractivity contribution is 5.86. The van der Waals surface area contributed by atoms with Crippen LogP contribution in [-0.2, 0) is 16.0 Å². The number of benzene rings is 1. The fraction of sp³-hybridized carbons (Fsp3) is 0.619. The molecule has 2 fully saturated rings. The van der Waals surface area contributed by atoms with Crippen LogP contribution in [0.4, 0.5) is 0 Å². The lowest BCUT2D eigenvalue weighted by Crippen LogP contribution is -2.47. The van der Waals surface area contributed by atoms with Crippen LogP contribution in [-0.4, -0.2) is 43.0 Å². The Labute approximate surface area is 156 Å². The van der Waals surface area contributed by atoms with Gasteiger partial charge in [-0.15, -0.1) is 0 Å². The van der Waals surface area contributed by atoms with Crippen molar-refractivity contribution in [2.45, 2.75) is 52.4 Å². The number of carbonyl (C=O) groups excluding carboxylic acids is 2. The van der Waals surface area contributed by atoms with Crippen LogP contribution in [0.2, 0.25) is 0 Å². The maximum Gasteiger partial charge on any atom is 0.228 e. The average molecular weight is 358 g/mol. The van der Waals surface area contributed by atoms with Crippen molar-refractivity contribution in [3.8, 4) is 5.75 Å². The lowest BCUT2D eigenvalue weighted by atomic mass is 9.79. The fourth-order valence-electron chi connectivity index (χ4n) is 4.19. The third-order valence-electron chi connectivity index (χ3n) is 5.70. The van der Waals surface area contributed by atoms with Crippen molar-refractivity contribution in [1.82, 2.24) is 10.2 Å². The molecule has 0 aromatic heterocycles. The first-order chi connectivity index (χ1) is 12.5. The predicted octanol–water partition coefficient (Wildman–Crippen LogP) is 2.85. The molecule has 1 spiro atoms. The van der Waals surface area contributed by atoms with Gasteiger partial charge in [0.05, 0.1) is 12.0 Å². The topological polar surface area (TPSA) is 58.6 Å². The van der Waals surface area contributed by atoms with Gasteiger partial charge in [0, 0.05) is 26.1 Å². The second-order valence-electron chi connectivity index (χ2n) is 7.59. The summed E-state index contributed by atoms with van der Waals surface area (Å²) in [5, 5.41) is 2.97. The molecule has 2 aliphatic rings. The minimum Gasteiger partial charge on any atom is -0.494 e. The Kier molecular flexibility index (Phi) is 5.84. The van der Waals surface area contributed by atoms with E-state index in [2.05, 4.69) is 24.4 Å². The number of nitrogens with zero attached hydrogens (tertiary/aromatic N) is 1. The monoisotopic (exact) mass is 358 g/mol. The Morgan fingerprint density at radius 3 is 2.92 bits per heavy atom. The zero-order valence-corrected chi connectivity index (χ0v) is 16.0. The Morgan fingerprint density at radius 2 is 2.19 bits per heavy atom. The van der Waals surface area contributed by atoms with E-state index in [1.54, 1.807) is 0 Å². The number of carbonyl (C=O) groups is 2. The summed E-state index contributed by atoms with van der Waals surface area (Å²) in [6.07, 6.45) is 5.01. The van der Waals surface area contributed by atoms with E-state index in [0.717, 1.165) is 50.0 Å². The molecule has 0 radical (unpaired) electrons. The molecular weight excluding hydrogens is 328 g/mol. The van der Waals surface area contributed by atoms with Crippen LogP contribution in [0, 0.1) is 12.3 Å². The van der Waals surface area contributed by atoms with Gasteiger partial charge in [0.1, 0.15) is 5.75 Å². The normalized spacial score (nSPS) is 22.5. The fourth-order valence-corrected chi connectivity index (χ4v) is 4.19. The quantitative estimate of drug-likeness (QED) is 0.851. The third kappa shape index (κ3) is 4.02. The molecule has 0 saturated carbocycles. The Hall–Kier alpha value is -2.04.